The molecular weight excluding hydrogens is 1290 g/mol. The number of amides is 9. The van der Waals surface area contributed by atoms with Gasteiger partial charge in [-0.15, -0.1) is 6.58 Å². The summed E-state index contributed by atoms with van der Waals surface area (Å²) in [5.74, 6) is -11.5. The number of Topliss-reactive ketones (excluding diaryl/α,β-unsaturated/α-hetero) is 2. The van der Waals surface area contributed by atoms with Crippen molar-refractivity contribution >= 4 is 70.8 Å². The zero-order valence-electron chi connectivity index (χ0n) is 58.4. The molecule has 4 heterocycles. The number of fused-ring (bicyclic) bond motifs is 3. The first-order chi connectivity index (χ1) is 47.0. The average Bonchev–Trinajstić information content (AvgIpc) is 1.15. The number of hydrogen-bond acceptors (Lipinski definition) is 21. The number of nitrogens with zero attached hydrogens (tertiary/aromatic N) is 2. The number of anilines is 1. The summed E-state index contributed by atoms with van der Waals surface area (Å²) in [7, 11) is 4.51. The van der Waals surface area contributed by atoms with Crippen molar-refractivity contribution in [3.05, 3.63) is 77.9 Å². The monoisotopic (exact) mass is 1390 g/mol. The van der Waals surface area contributed by atoms with Gasteiger partial charge in [0.15, 0.2) is 0 Å². The van der Waals surface area contributed by atoms with Crippen molar-refractivity contribution < 1.29 is 96.1 Å². The molecule has 1 aromatic rings. The number of aliphatic hydroxyl groups excluding tert-OH is 1. The minimum Gasteiger partial charge on any atom is -0.455 e. The highest BCUT2D eigenvalue weighted by atomic mass is 16.7. The first kappa shape index (κ1) is 80.2. The number of rotatable bonds is 25. The van der Waals surface area contributed by atoms with E-state index in [1.165, 1.54) is 21.3 Å². The maximum Gasteiger partial charge on any atom is 0.409 e. The first-order valence-corrected chi connectivity index (χ1v) is 34.1. The third-order valence-electron chi connectivity index (χ3n) is 19.0. The van der Waals surface area contributed by atoms with Crippen LogP contribution in [0.1, 0.15) is 137 Å². The molecule has 11 N–H and O–H groups in total. The highest BCUT2D eigenvalue weighted by molar-refractivity contribution is 6.39. The first-order valence-electron chi connectivity index (χ1n) is 34.1. The molecule has 1 aromatic carbocycles. The van der Waals surface area contributed by atoms with E-state index in [0.29, 0.717) is 61.8 Å². The minimum atomic E-state index is -2.61. The second kappa shape index (κ2) is 38.1. The highest BCUT2D eigenvalue weighted by Gasteiger charge is 2.57. The molecule has 9 amide bonds. The van der Waals surface area contributed by atoms with Gasteiger partial charge in [-0.25, -0.2) is 14.4 Å². The molecule has 2 bridgehead atoms. The van der Waals surface area contributed by atoms with E-state index in [1.807, 2.05) is 26.0 Å². The lowest BCUT2D eigenvalue weighted by atomic mass is 9.82. The van der Waals surface area contributed by atoms with Crippen molar-refractivity contribution in [3.8, 4) is 0 Å². The average molecular weight is 1390 g/mol. The fourth-order valence-electron chi connectivity index (χ4n) is 13.4. The number of cyclic esters (lactones) is 1. The molecule has 0 radical (unpaired) electrons. The van der Waals surface area contributed by atoms with Gasteiger partial charge in [0.2, 0.25) is 23.5 Å². The van der Waals surface area contributed by atoms with E-state index in [1.54, 1.807) is 58.0 Å². The number of aliphatic hydroxyl groups is 2. The van der Waals surface area contributed by atoms with Crippen LogP contribution in [0, 0.1) is 29.6 Å². The maximum atomic E-state index is 14.7. The van der Waals surface area contributed by atoms with E-state index in [9.17, 15) is 63.0 Å². The molecule has 0 spiro atoms. The van der Waals surface area contributed by atoms with Gasteiger partial charge in [0, 0.05) is 83.5 Å². The van der Waals surface area contributed by atoms with Crippen LogP contribution in [-0.4, -0.2) is 205 Å². The van der Waals surface area contributed by atoms with Gasteiger partial charge in [0.05, 0.1) is 36.6 Å². The Morgan fingerprint density at radius 1 is 0.859 bits per heavy atom. The molecule has 3 fully saturated rings. The summed E-state index contributed by atoms with van der Waals surface area (Å²) in [5.41, 5.74) is 14.3. The molecule has 4 aliphatic heterocycles. The van der Waals surface area contributed by atoms with E-state index in [2.05, 4.69) is 33.2 Å². The summed E-state index contributed by atoms with van der Waals surface area (Å²) in [6.07, 6.45) is 3.97. The number of benzene rings is 1. The van der Waals surface area contributed by atoms with Crippen LogP contribution in [0.2, 0.25) is 0 Å². The fourth-order valence-corrected chi connectivity index (χ4v) is 13.4. The number of ketones is 2. The van der Waals surface area contributed by atoms with Gasteiger partial charge in [-0.3, -0.25) is 48.6 Å². The SMILES string of the molecule is C=CC[C@@H]1/C=C(\C)C[C@H](C)C[C@H](OC)[C@H]2O[C@@](O)(C(=O)C(=O)N3CCCC[C@H]3C(=O)O[C@H](/C(C)=C/C3CC[C@@H](OCNC(=O)OCc4ccc(NC(=O)[C@H](CCCNC(N)=O)NC(=O)[C@@H](NC(=O)CCN5C(=O)C=CC5=O)C(C)C)cc4)[C@H](OC)C3)[C@H](N)[C@@H](O)CC1=O)[C@H](C)C[C@@H]2OC. The zero-order valence-corrected chi connectivity index (χ0v) is 58.4. The van der Waals surface area contributed by atoms with E-state index < -0.39 is 156 Å². The maximum absolute atomic E-state index is 14.7. The topological polar surface area (TPSA) is 412 Å². The Balaban J connectivity index is 1.07. The number of ether oxygens (including phenoxy) is 7. The number of urea groups is 1. The normalized spacial score (nSPS) is 29.6. The number of alkyl carbamates (subject to hydrolysis) is 1. The van der Waals surface area contributed by atoms with Gasteiger partial charge in [-0.1, -0.05) is 63.6 Å². The third kappa shape index (κ3) is 22.6. The quantitative estimate of drug-likeness (QED) is 0.0169. The number of esters is 1. The van der Waals surface area contributed by atoms with Crippen molar-refractivity contribution in [2.45, 2.75) is 211 Å². The molecule has 1 saturated carbocycles. The fraction of sp³-hybridized carbons (Fsp3) is 0.643. The van der Waals surface area contributed by atoms with Crippen molar-refractivity contribution in [2.75, 3.05) is 53.0 Å². The second-order valence-corrected chi connectivity index (χ2v) is 26.9. The van der Waals surface area contributed by atoms with E-state index in [0.717, 1.165) is 27.5 Å². The Kier molecular flexibility index (Phi) is 30.9. The molecule has 5 aliphatic rings. The molecule has 2 saturated heterocycles. The lowest BCUT2D eigenvalue weighted by Gasteiger charge is -2.47. The molecule has 1 unspecified atom stereocenters. The Hall–Kier alpha value is -7.77. The van der Waals surface area contributed by atoms with Gasteiger partial charge in [0.25, 0.3) is 23.5 Å². The van der Waals surface area contributed by atoms with Crippen molar-refractivity contribution in [3.63, 3.8) is 0 Å². The largest absolute Gasteiger partial charge is 0.455 e. The number of nitrogens with two attached hydrogens (primary N) is 2. The van der Waals surface area contributed by atoms with Gasteiger partial charge in [-0.05, 0) is 132 Å². The van der Waals surface area contributed by atoms with Gasteiger partial charge >= 0.3 is 18.1 Å². The number of imide groups is 1. The number of primary amides is 1. The zero-order chi connectivity index (χ0) is 72.8. The molecule has 29 nitrogen and oxygen atoms in total. The summed E-state index contributed by atoms with van der Waals surface area (Å²) in [6, 6.07) is 0.679. The molecule has 6 rings (SSSR count). The molecule has 16 atom stereocenters. The predicted octanol–water partition coefficient (Wildman–Crippen LogP) is 3.57. The summed E-state index contributed by atoms with van der Waals surface area (Å²) >= 11 is 0. The molecule has 0 aromatic heterocycles. The predicted molar refractivity (Wildman–Crippen MR) is 360 cm³/mol. The summed E-state index contributed by atoms with van der Waals surface area (Å²) in [6.45, 7) is 13.9. The number of carbonyl (C=O) groups is 11. The van der Waals surface area contributed by atoms with Gasteiger partial charge in [-0.2, -0.15) is 0 Å². The van der Waals surface area contributed by atoms with Crippen LogP contribution in [-0.2, 0) is 82.9 Å². The summed E-state index contributed by atoms with van der Waals surface area (Å²) in [5, 5.41) is 37.2. The van der Waals surface area contributed by atoms with Gasteiger partial charge < -0.3 is 81.0 Å². The molecule has 1 aliphatic carbocycles. The molecular formula is C70H103N9O20. The van der Waals surface area contributed by atoms with Crippen molar-refractivity contribution in [1.29, 1.82) is 0 Å². The van der Waals surface area contributed by atoms with Crippen LogP contribution in [0.4, 0.5) is 15.3 Å². The van der Waals surface area contributed by atoms with Crippen molar-refractivity contribution in [2.24, 2.45) is 41.1 Å². The standard InChI is InChI=1S/C70H103N9O20/c1-11-15-46-31-40(4)30-41(5)32-54(94-9)62-55(95-10)34-43(7)70(92,99-62)63(85)66(88)78-28-13-12-17-49(78)67(89)98-61(59(71)51(81)36-50(46)80)42(6)33-45-20-23-52(53(35-45)93-8)97-38-74-69(91)96-37-44-18-21-47(22-19-44)75-64(86)48(16-14-27-73-68(72)90)76-65(87)60(39(2)3)77-56(82)26-29-79-57(83)24-25-58(79)84/h11,18-19,21-22,24-25,31,33,39,41,43,45-46,48-49,51-55,59-62,81,92H,1,12-17,20,23,26-30,32,34-38,71H2,2-10H3,(H,74,91)(H,75,86)(H,76,87)(H,77,82)(H3,72,73,90)/b40-31+,42-33+/t41-,43+,45?,46+,48-,49-,51-,52+,53+,54-,55-,59+,60-,61+,62+,70+/m0/s1. The Morgan fingerprint density at radius 3 is 2.18 bits per heavy atom. The molecule has 99 heavy (non-hydrogen) atoms. The van der Waals surface area contributed by atoms with E-state index in [4.69, 9.17) is 44.6 Å². The number of allylic oxidation sites excluding steroid dienone is 4. The minimum absolute atomic E-state index is 0.0141. The Morgan fingerprint density at radius 2 is 1.54 bits per heavy atom. The van der Waals surface area contributed by atoms with Crippen LogP contribution in [0.3, 0.4) is 0 Å². The van der Waals surface area contributed by atoms with E-state index >= 15 is 0 Å². The van der Waals surface area contributed by atoms with Crippen LogP contribution >= 0.6 is 0 Å². The lowest BCUT2D eigenvalue weighted by molar-refractivity contribution is -0.302. The second-order valence-electron chi connectivity index (χ2n) is 26.9. The summed E-state index contributed by atoms with van der Waals surface area (Å²) in [4.78, 5) is 148. The highest BCUT2D eigenvalue weighted by Crippen LogP contribution is 2.39. The number of nitrogens with one attached hydrogen (secondary N) is 5. The third-order valence-corrected chi connectivity index (χ3v) is 19.0. The van der Waals surface area contributed by atoms with Crippen LogP contribution < -0.4 is 38.1 Å². The number of hydrogen-bond donors (Lipinski definition) is 9. The van der Waals surface area contributed by atoms with Crippen LogP contribution in [0.15, 0.2) is 72.4 Å². The smallest absolute Gasteiger partial charge is 0.409 e. The lowest BCUT2D eigenvalue weighted by Crippen LogP contribution is -2.64. The Bertz CT molecular complexity index is 3100. The number of carbonyl (C=O) groups excluding carboxylic acids is 11. The van der Waals surface area contributed by atoms with Gasteiger partial charge in [0.1, 0.15) is 49.5 Å². The Labute approximate surface area is 578 Å². The van der Waals surface area contributed by atoms with Crippen LogP contribution in [0.25, 0.3) is 0 Å². The van der Waals surface area contributed by atoms with E-state index in [-0.39, 0.29) is 89.1 Å². The number of piperidine rings is 1. The summed E-state index contributed by atoms with van der Waals surface area (Å²) < 4.78 is 41.8. The van der Waals surface area contributed by atoms with Crippen LogP contribution in [0.5, 0.6) is 0 Å². The van der Waals surface area contributed by atoms with Crippen molar-refractivity contribution in [1.82, 2.24) is 31.1 Å². The molecule has 29 heteroatoms. The number of methoxy groups -OCH3 is 3. The molecule has 548 valence electrons.